The van der Waals surface area contributed by atoms with E-state index in [1.165, 1.54) is 6.07 Å². The van der Waals surface area contributed by atoms with E-state index < -0.39 is 6.61 Å². The predicted octanol–water partition coefficient (Wildman–Crippen LogP) is 2.93. The van der Waals surface area contributed by atoms with Crippen LogP contribution in [-0.2, 0) is 6.54 Å². The SMILES string of the molecule is CN=C(NCCSC)NCc1cccc(OC(F)F)c1.I. The van der Waals surface area contributed by atoms with Crippen LogP contribution in [0.3, 0.4) is 0 Å². The number of benzene rings is 1. The van der Waals surface area contributed by atoms with Crippen molar-refractivity contribution in [3.8, 4) is 5.75 Å². The number of aliphatic imine (C=N–C) groups is 1. The molecule has 0 saturated carbocycles. The molecule has 0 aliphatic carbocycles. The lowest BCUT2D eigenvalue weighted by molar-refractivity contribution is -0.0498. The maximum absolute atomic E-state index is 12.1. The first kappa shape index (κ1) is 20.2. The van der Waals surface area contributed by atoms with Crippen molar-refractivity contribution in [2.75, 3.05) is 25.6 Å². The smallest absolute Gasteiger partial charge is 0.387 e. The van der Waals surface area contributed by atoms with Crippen LogP contribution in [-0.4, -0.2) is 38.2 Å². The second-order valence-corrected chi connectivity index (χ2v) is 4.86. The van der Waals surface area contributed by atoms with Crippen molar-refractivity contribution in [2.45, 2.75) is 13.2 Å². The van der Waals surface area contributed by atoms with Crippen molar-refractivity contribution in [2.24, 2.45) is 4.99 Å². The molecule has 0 radical (unpaired) electrons. The van der Waals surface area contributed by atoms with Gasteiger partial charge in [-0.15, -0.1) is 24.0 Å². The van der Waals surface area contributed by atoms with Crippen LogP contribution in [0.1, 0.15) is 5.56 Å². The third-order valence-electron chi connectivity index (χ3n) is 2.41. The largest absolute Gasteiger partial charge is 0.435 e. The first-order valence-electron chi connectivity index (χ1n) is 6.13. The van der Waals surface area contributed by atoms with Crippen LogP contribution in [0.2, 0.25) is 0 Å². The second-order valence-electron chi connectivity index (χ2n) is 3.87. The Balaban J connectivity index is 0.00000400. The third kappa shape index (κ3) is 8.97. The number of hydrogen-bond donors (Lipinski definition) is 2. The van der Waals surface area contributed by atoms with Gasteiger partial charge < -0.3 is 15.4 Å². The molecule has 1 aromatic rings. The van der Waals surface area contributed by atoms with Crippen LogP contribution in [0.15, 0.2) is 29.3 Å². The summed E-state index contributed by atoms with van der Waals surface area (Å²) in [7, 11) is 1.69. The number of nitrogens with zero attached hydrogens (tertiary/aromatic N) is 1. The Morgan fingerprint density at radius 1 is 1.38 bits per heavy atom. The first-order chi connectivity index (χ1) is 9.65. The highest BCUT2D eigenvalue weighted by Crippen LogP contribution is 2.15. The summed E-state index contributed by atoms with van der Waals surface area (Å²) in [5.41, 5.74) is 0.843. The Kier molecular flexibility index (Phi) is 11.4. The molecular formula is C13H20F2IN3OS. The highest BCUT2D eigenvalue weighted by molar-refractivity contribution is 14.0. The molecule has 0 fully saturated rings. The summed E-state index contributed by atoms with van der Waals surface area (Å²) < 4.78 is 28.6. The van der Waals surface area contributed by atoms with Crippen LogP contribution in [0.4, 0.5) is 8.78 Å². The number of rotatable bonds is 7. The van der Waals surface area contributed by atoms with Gasteiger partial charge in [-0.05, 0) is 24.0 Å². The fourth-order valence-electron chi connectivity index (χ4n) is 1.51. The summed E-state index contributed by atoms with van der Waals surface area (Å²) in [6, 6.07) is 6.59. The summed E-state index contributed by atoms with van der Waals surface area (Å²) in [6.07, 6.45) is 2.03. The highest BCUT2D eigenvalue weighted by Gasteiger charge is 2.05. The summed E-state index contributed by atoms with van der Waals surface area (Å²) in [5, 5.41) is 6.27. The van der Waals surface area contributed by atoms with Crippen LogP contribution < -0.4 is 15.4 Å². The van der Waals surface area contributed by atoms with Gasteiger partial charge in [0.1, 0.15) is 5.75 Å². The van der Waals surface area contributed by atoms with Crippen molar-refractivity contribution >= 4 is 41.7 Å². The molecule has 120 valence electrons. The molecule has 0 spiro atoms. The lowest BCUT2D eigenvalue weighted by Crippen LogP contribution is -2.37. The van der Waals surface area contributed by atoms with Gasteiger partial charge in [-0.1, -0.05) is 12.1 Å². The van der Waals surface area contributed by atoms with E-state index in [0.717, 1.165) is 17.9 Å². The first-order valence-corrected chi connectivity index (χ1v) is 7.52. The molecule has 21 heavy (non-hydrogen) atoms. The zero-order chi connectivity index (χ0) is 14.8. The Morgan fingerprint density at radius 2 is 2.14 bits per heavy atom. The number of nitrogens with one attached hydrogen (secondary N) is 2. The molecule has 0 atom stereocenters. The van der Waals surface area contributed by atoms with Gasteiger partial charge in [0.25, 0.3) is 0 Å². The highest BCUT2D eigenvalue weighted by atomic mass is 127. The fraction of sp³-hybridized carbons (Fsp3) is 0.462. The van der Waals surface area contributed by atoms with E-state index in [4.69, 9.17) is 0 Å². The van der Waals surface area contributed by atoms with E-state index in [0.29, 0.717) is 12.5 Å². The molecule has 0 bridgehead atoms. The van der Waals surface area contributed by atoms with Crippen molar-refractivity contribution in [1.29, 1.82) is 0 Å². The number of guanidine groups is 1. The molecule has 0 amide bonds. The monoisotopic (exact) mass is 431 g/mol. The van der Waals surface area contributed by atoms with Crippen LogP contribution in [0, 0.1) is 0 Å². The summed E-state index contributed by atoms with van der Waals surface area (Å²) in [6.45, 7) is -1.51. The van der Waals surface area contributed by atoms with Gasteiger partial charge in [0, 0.05) is 25.9 Å². The number of halogens is 3. The number of alkyl halides is 2. The molecular weight excluding hydrogens is 411 g/mol. The molecule has 8 heteroatoms. The van der Waals surface area contributed by atoms with Gasteiger partial charge in [-0.25, -0.2) is 0 Å². The van der Waals surface area contributed by atoms with Gasteiger partial charge in [0.2, 0.25) is 0 Å². The van der Waals surface area contributed by atoms with E-state index in [1.54, 1.807) is 30.9 Å². The quantitative estimate of drug-likeness (QED) is 0.302. The second kappa shape index (κ2) is 11.8. The molecule has 0 saturated heterocycles. The zero-order valence-corrected chi connectivity index (χ0v) is 15.1. The zero-order valence-electron chi connectivity index (χ0n) is 11.9. The molecule has 1 aromatic carbocycles. The Labute approximate surface area is 145 Å². The van der Waals surface area contributed by atoms with Gasteiger partial charge >= 0.3 is 6.61 Å². The standard InChI is InChI=1S/C13H19F2N3OS.HI/c1-16-13(17-6-7-20-2)18-9-10-4-3-5-11(8-10)19-12(14)15;/h3-5,8,12H,6-7,9H2,1-2H3,(H2,16,17,18);1H. The van der Waals surface area contributed by atoms with Crippen LogP contribution in [0.25, 0.3) is 0 Å². The predicted molar refractivity (Wildman–Crippen MR) is 95.1 cm³/mol. The molecule has 0 unspecified atom stereocenters. The Morgan fingerprint density at radius 3 is 2.76 bits per heavy atom. The lowest BCUT2D eigenvalue weighted by atomic mass is 10.2. The minimum Gasteiger partial charge on any atom is -0.435 e. The van der Waals surface area contributed by atoms with Gasteiger partial charge in [-0.3, -0.25) is 4.99 Å². The molecule has 1 rings (SSSR count). The fourth-order valence-corrected chi connectivity index (χ4v) is 1.82. The third-order valence-corrected chi connectivity index (χ3v) is 3.02. The average molecular weight is 431 g/mol. The number of hydrogen-bond acceptors (Lipinski definition) is 3. The van der Waals surface area contributed by atoms with Crippen LogP contribution >= 0.6 is 35.7 Å². The Hall–Kier alpha value is -0.770. The van der Waals surface area contributed by atoms with Crippen molar-refractivity contribution in [3.05, 3.63) is 29.8 Å². The molecule has 0 aliphatic rings. The van der Waals surface area contributed by atoms with E-state index >= 15 is 0 Å². The van der Waals surface area contributed by atoms with Crippen LogP contribution in [0.5, 0.6) is 5.75 Å². The molecule has 0 heterocycles. The molecule has 0 aliphatic heterocycles. The maximum Gasteiger partial charge on any atom is 0.387 e. The van der Waals surface area contributed by atoms with Crippen molar-refractivity contribution in [1.82, 2.24) is 10.6 Å². The van der Waals surface area contributed by atoms with Crippen molar-refractivity contribution in [3.63, 3.8) is 0 Å². The number of ether oxygens (including phenoxy) is 1. The minimum atomic E-state index is -2.81. The summed E-state index contributed by atoms with van der Waals surface area (Å²) in [5.74, 6) is 1.82. The Bertz CT molecular complexity index is 436. The van der Waals surface area contributed by atoms with Gasteiger partial charge in [0.05, 0.1) is 0 Å². The summed E-state index contributed by atoms with van der Waals surface area (Å²) >= 11 is 1.74. The molecule has 4 nitrogen and oxygen atoms in total. The normalized spacial score (nSPS) is 11.0. The summed E-state index contributed by atoms with van der Waals surface area (Å²) in [4.78, 5) is 4.08. The van der Waals surface area contributed by atoms with E-state index in [1.807, 2.05) is 12.3 Å². The van der Waals surface area contributed by atoms with Gasteiger partial charge in [-0.2, -0.15) is 20.5 Å². The van der Waals surface area contributed by atoms with E-state index in [2.05, 4.69) is 20.4 Å². The maximum atomic E-state index is 12.1. The molecule has 0 aromatic heterocycles. The van der Waals surface area contributed by atoms with E-state index in [-0.39, 0.29) is 29.7 Å². The minimum absolute atomic E-state index is 0. The van der Waals surface area contributed by atoms with Crippen molar-refractivity contribution < 1.29 is 13.5 Å². The number of thioether (sulfide) groups is 1. The van der Waals surface area contributed by atoms with E-state index in [9.17, 15) is 8.78 Å². The topological polar surface area (TPSA) is 45.7 Å². The van der Waals surface area contributed by atoms with Gasteiger partial charge in [0.15, 0.2) is 5.96 Å². The average Bonchev–Trinajstić information content (AvgIpc) is 2.42. The lowest BCUT2D eigenvalue weighted by Gasteiger charge is -2.12. The molecule has 2 N–H and O–H groups in total.